The number of likely N-dealkylation sites (N-methyl/N-ethyl adjacent to an activating group) is 3. The molecule has 3 aromatic carbocycles. The molecule has 9 aliphatic heterocycles. The number of hydrogen-bond acceptors (Lipinski definition) is 9. The molecule has 0 N–H and O–H groups in total. The Labute approximate surface area is 450 Å². The van der Waals surface area contributed by atoms with E-state index in [0.717, 1.165) is 34.8 Å². The van der Waals surface area contributed by atoms with E-state index in [0.29, 0.717) is 17.1 Å². The van der Waals surface area contributed by atoms with Crippen LogP contribution in [0.3, 0.4) is 0 Å². The first kappa shape index (κ1) is 50.8. The van der Waals surface area contributed by atoms with Crippen molar-refractivity contribution in [2.24, 2.45) is 35.5 Å². The topological polar surface area (TPSA) is 122 Å². The van der Waals surface area contributed by atoms with E-state index < -0.39 is 82.3 Å². The largest absolute Gasteiger partial charge is 0.289 e. The smallest absolute Gasteiger partial charge is 0.239 e. The van der Waals surface area contributed by atoms with Crippen molar-refractivity contribution < 1.29 is 28.8 Å². The fraction of sp³-hybridized carbons (Fsp3) is 0.410. The fourth-order valence-corrected chi connectivity index (χ4v) is 22.8. The van der Waals surface area contributed by atoms with Crippen LogP contribution in [0.1, 0.15) is 22.6 Å². The summed E-state index contributed by atoms with van der Waals surface area (Å²) >= 11 is 0. The number of anilines is 3. The van der Waals surface area contributed by atoms with Crippen molar-refractivity contribution in [1.82, 2.24) is 14.7 Å². The van der Waals surface area contributed by atoms with Crippen LogP contribution in [0.4, 0.5) is 17.1 Å². The van der Waals surface area contributed by atoms with Gasteiger partial charge in [-0.25, -0.2) is 14.7 Å². The number of hydrogen-bond donors (Lipinski definition) is 0. The summed E-state index contributed by atoms with van der Waals surface area (Å²) in [6.45, 7) is 25.9. The lowest BCUT2D eigenvalue weighted by molar-refractivity contribution is -0.125. The summed E-state index contributed by atoms with van der Waals surface area (Å²) in [6, 6.07) is 24.8. The minimum Gasteiger partial charge on any atom is -0.289 e. The fourth-order valence-electron chi connectivity index (χ4n) is 16.2. The molecule has 76 heavy (non-hydrogen) atoms. The monoisotopic (exact) mass is 1070 g/mol. The van der Waals surface area contributed by atoms with Crippen molar-refractivity contribution in [3.05, 3.63) is 163 Å². The zero-order valence-corrected chi connectivity index (χ0v) is 48.3. The molecule has 12 atom stereocenters. The van der Waals surface area contributed by atoms with E-state index in [2.05, 4.69) is 127 Å². The highest BCUT2D eigenvalue weighted by molar-refractivity contribution is 6.83. The summed E-state index contributed by atoms with van der Waals surface area (Å²) in [5, 5.41) is 0. The van der Waals surface area contributed by atoms with Gasteiger partial charge in [0.25, 0.3) is 0 Å². The third kappa shape index (κ3) is 6.74. The van der Waals surface area contributed by atoms with Crippen LogP contribution < -0.4 is 14.7 Å². The standard InChI is InChI=1S/C61H70N6O6Si3/c1-13-74(7,8)34-59-31-28-43(62(59)4)47-50(59)56(71)65(53(47)68)40-22-16-37(17-23-40)46(38-18-24-41(25-19-38)66-54(69)48-44-29-32-60(63(44)5,51(48)57(66)72)35-75(9,10)14-2)39-20-26-42(27-21-39)67-55(70)49-45-30-33-61(64(45)6,52(49)58(67)73)36-76(11,12)15-3/h13-33,43-52H,1-3,34-36H2,4-12H3. The van der Waals surface area contributed by atoms with E-state index in [1.165, 1.54) is 14.7 Å². The van der Waals surface area contributed by atoms with Gasteiger partial charge in [0, 0.05) is 40.7 Å². The van der Waals surface area contributed by atoms with Gasteiger partial charge in [-0.3, -0.25) is 43.5 Å². The second-order valence-electron chi connectivity index (χ2n) is 25.7. The van der Waals surface area contributed by atoms with Crippen molar-refractivity contribution in [1.29, 1.82) is 0 Å². The number of amides is 6. The predicted octanol–water partition coefficient (Wildman–Crippen LogP) is 8.35. The highest BCUT2D eigenvalue weighted by atomic mass is 28.3. The van der Waals surface area contributed by atoms with Gasteiger partial charge in [0.05, 0.1) is 76.8 Å². The summed E-state index contributed by atoms with van der Waals surface area (Å²) in [4.78, 5) is 98.4. The molecular weight excluding hydrogens is 997 g/mol. The maximum atomic E-state index is 14.7. The molecule has 12 rings (SSSR count). The maximum absolute atomic E-state index is 14.7. The summed E-state index contributed by atoms with van der Waals surface area (Å²) < 4.78 is 0. The number of nitrogens with zero attached hydrogens (tertiary/aromatic N) is 6. The minimum atomic E-state index is -1.93. The second-order valence-corrected chi connectivity index (χ2v) is 39.9. The predicted molar refractivity (Wildman–Crippen MR) is 306 cm³/mol. The van der Waals surface area contributed by atoms with Gasteiger partial charge in [-0.15, -0.1) is 36.8 Å². The van der Waals surface area contributed by atoms with Crippen LogP contribution in [0.15, 0.2) is 146 Å². The highest BCUT2D eigenvalue weighted by Gasteiger charge is 2.72. The Morgan fingerprint density at radius 1 is 0.421 bits per heavy atom. The van der Waals surface area contributed by atoms with Crippen LogP contribution in [0, 0.1) is 35.5 Å². The molecule has 6 bridgehead atoms. The van der Waals surface area contributed by atoms with Crippen LogP contribution in [0.2, 0.25) is 57.4 Å². The van der Waals surface area contributed by atoms with Crippen molar-refractivity contribution >= 4 is 76.7 Å². The zero-order valence-electron chi connectivity index (χ0n) is 45.3. The van der Waals surface area contributed by atoms with Gasteiger partial charge in [-0.05, 0) is 92.4 Å². The number of rotatable bonds is 15. The molecule has 6 fully saturated rings. The van der Waals surface area contributed by atoms with Crippen molar-refractivity contribution in [3.8, 4) is 0 Å². The number of benzene rings is 3. The van der Waals surface area contributed by atoms with E-state index in [-0.39, 0.29) is 53.6 Å². The van der Waals surface area contributed by atoms with E-state index in [4.69, 9.17) is 0 Å². The summed E-state index contributed by atoms with van der Waals surface area (Å²) in [6.07, 6.45) is 12.8. The Bertz CT molecular complexity index is 2870. The molecule has 6 amide bonds. The average molecular weight is 1070 g/mol. The first-order valence-corrected chi connectivity index (χ1v) is 36.9. The first-order valence-electron chi connectivity index (χ1n) is 27.0. The van der Waals surface area contributed by atoms with Gasteiger partial charge < -0.3 is 0 Å². The van der Waals surface area contributed by atoms with Crippen LogP contribution in [-0.4, -0.2) is 130 Å². The molecule has 9 aliphatic rings. The van der Waals surface area contributed by atoms with Gasteiger partial charge >= 0.3 is 0 Å². The van der Waals surface area contributed by atoms with Gasteiger partial charge in [0.1, 0.15) is 0 Å². The Hall–Kier alpha value is -5.95. The van der Waals surface area contributed by atoms with Crippen LogP contribution in [0.25, 0.3) is 0 Å². The Balaban J connectivity index is 0.875. The summed E-state index contributed by atoms with van der Waals surface area (Å²) in [7, 11) is 0.339. The van der Waals surface area contributed by atoms with Gasteiger partial charge in [0.15, 0.2) is 0 Å². The Morgan fingerprint density at radius 2 is 0.658 bits per heavy atom. The van der Waals surface area contributed by atoms with Crippen LogP contribution in [-0.2, 0) is 28.8 Å². The van der Waals surface area contributed by atoms with E-state index in [1.54, 1.807) is 0 Å². The van der Waals surface area contributed by atoms with Crippen molar-refractivity contribution in [2.75, 3.05) is 35.8 Å². The lowest BCUT2D eigenvalue weighted by atomic mass is 9.77. The number of imide groups is 3. The van der Waals surface area contributed by atoms with Crippen LogP contribution in [0.5, 0.6) is 0 Å². The quantitative estimate of drug-likeness (QED) is 0.0640. The van der Waals surface area contributed by atoms with Crippen molar-refractivity contribution in [3.63, 3.8) is 0 Å². The minimum absolute atomic E-state index is 0.159. The molecule has 12 nitrogen and oxygen atoms in total. The molecule has 392 valence electrons. The number of carbonyl (C=O) groups excluding carboxylic acids is 6. The second kappa shape index (κ2) is 16.8. The highest BCUT2D eigenvalue weighted by Crippen LogP contribution is 2.60. The molecule has 6 saturated heterocycles. The SMILES string of the molecule is C=C[Si](C)(C)CC12C=CC(C3C(=O)N(c4ccc(C(c5ccc(N6C(=O)C7C8C=CC(C[Si](C)(C)C=C)(C7C6=O)N8C)cc5)c5ccc(N6C(=O)C7C8C=CC(C[Si](C)(C)C=C)(C7C6=O)N8C)cc5)cc4)C(=O)C31)N2C. The third-order valence-electron chi connectivity index (χ3n) is 20.2. The van der Waals surface area contributed by atoms with E-state index >= 15 is 0 Å². The van der Waals surface area contributed by atoms with E-state index in [1.807, 2.05) is 93.9 Å². The molecule has 12 unspecified atom stereocenters. The summed E-state index contributed by atoms with van der Waals surface area (Å²) in [5.74, 6) is -4.37. The van der Waals surface area contributed by atoms with Crippen molar-refractivity contribution in [2.45, 2.75) is 98.1 Å². The van der Waals surface area contributed by atoms with Gasteiger partial charge in [-0.1, -0.05) is 112 Å². The zero-order chi connectivity index (χ0) is 54.1. The summed E-state index contributed by atoms with van der Waals surface area (Å²) in [5.41, 5.74) is 8.70. The molecule has 0 spiro atoms. The molecule has 3 aromatic rings. The molecule has 0 aromatic heterocycles. The molecular formula is C61H70N6O6Si3. The van der Waals surface area contributed by atoms with Crippen LogP contribution >= 0.6 is 0 Å². The lowest BCUT2D eigenvalue weighted by Gasteiger charge is -2.40. The number of carbonyl (C=O) groups is 6. The number of fused-ring (bicyclic) bond motifs is 15. The first-order chi connectivity index (χ1) is 35.9. The average Bonchev–Trinajstić information content (AvgIpc) is 4.42. The lowest BCUT2D eigenvalue weighted by Crippen LogP contribution is -2.51. The Kier molecular flexibility index (Phi) is 11.2. The van der Waals surface area contributed by atoms with Gasteiger partial charge in [-0.2, -0.15) is 0 Å². The third-order valence-corrected chi connectivity index (χ3v) is 27.9. The molecule has 0 radical (unpaired) electrons. The molecule has 0 aliphatic carbocycles. The molecule has 9 heterocycles. The maximum Gasteiger partial charge on any atom is 0.239 e. The molecule has 0 saturated carbocycles. The Morgan fingerprint density at radius 3 is 0.882 bits per heavy atom. The van der Waals surface area contributed by atoms with E-state index in [9.17, 15) is 28.8 Å². The molecule has 15 heteroatoms. The van der Waals surface area contributed by atoms with Gasteiger partial charge in [0.2, 0.25) is 35.4 Å². The normalized spacial score (nSPS) is 34.7.